The Bertz CT molecular complexity index is 1020. The number of benzene rings is 1. The van der Waals surface area contributed by atoms with Crippen LogP contribution in [0.4, 0.5) is 5.69 Å². The molecule has 3 heterocycles. The van der Waals surface area contributed by atoms with Crippen LogP contribution in [-0.2, 0) is 19.1 Å². The maximum atomic E-state index is 14.4. The Kier molecular flexibility index (Phi) is 6.10. The summed E-state index contributed by atoms with van der Waals surface area (Å²) in [5.74, 6) is -3.86. The zero-order chi connectivity index (χ0) is 25.0. The van der Waals surface area contributed by atoms with Gasteiger partial charge in [0.25, 0.3) is 5.91 Å². The van der Waals surface area contributed by atoms with Crippen molar-refractivity contribution in [3.05, 3.63) is 42.0 Å². The van der Waals surface area contributed by atoms with E-state index in [0.29, 0.717) is 19.3 Å². The number of aliphatic hydroxyl groups is 1. The lowest BCUT2D eigenvalue weighted by Crippen LogP contribution is -2.59. The third-order valence-corrected chi connectivity index (χ3v) is 8.08. The van der Waals surface area contributed by atoms with Crippen LogP contribution in [0.2, 0.25) is 0 Å². The van der Waals surface area contributed by atoms with Crippen molar-refractivity contribution in [1.82, 2.24) is 4.90 Å². The van der Waals surface area contributed by atoms with Crippen LogP contribution in [0, 0.1) is 25.7 Å². The van der Waals surface area contributed by atoms with Crippen molar-refractivity contribution < 1.29 is 29.3 Å². The monoisotopic (exact) mass is 470 g/mol. The number of aliphatic hydroxyl groups excluding tert-OH is 1. The molecule has 34 heavy (non-hydrogen) atoms. The number of aryl methyl sites for hydroxylation is 2. The largest absolute Gasteiger partial charge is 0.481 e. The van der Waals surface area contributed by atoms with E-state index in [4.69, 9.17) is 4.74 Å². The minimum Gasteiger partial charge on any atom is -0.481 e. The minimum atomic E-state index is -1.25. The van der Waals surface area contributed by atoms with Crippen molar-refractivity contribution in [2.24, 2.45) is 11.8 Å². The molecule has 184 valence electrons. The van der Waals surface area contributed by atoms with Gasteiger partial charge in [-0.25, -0.2) is 0 Å². The summed E-state index contributed by atoms with van der Waals surface area (Å²) < 4.78 is 6.45. The molecule has 4 rings (SSSR count). The van der Waals surface area contributed by atoms with E-state index >= 15 is 0 Å². The predicted molar refractivity (Wildman–Crippen MR) is 126 cm³/mol. The number of ether oxygens (including phenoxy) is 1. The lowest BCUT2D eigenvalue weighted by Gasteiger charge is -2.39. The molecule has 8 heteroatoms. The number of carbonyl (C=O) groups excluding carboxylic acids is 2. The number of nitrogens with zero attached hydrogens (tertiary/aromatic N) is 2. The highest BCUT2D eigenvalue weighted by molar-refractivity contribution is 6.05. The molecule has 3 fully saturated rings. The normalized spacial score (nSPS) is 32.6. The molecule has 0 aromatic heterocycles. The van der Waals surface area contributed by atoms with Crippen LogP contribution in [-0.4, -0.2) is 69.3 Å². The summed E-state index contributed by atoms with van der Waals surface area (Å²) in [5.41, 5.74) is 0.289. The molecule has 2 amide bonds. The molecular formula is C26H34N2O6. The van der Waals surface area contributed by atoms with E-state index in [1.54, 1.807) is 17.9 Å². The number of hydrogen-bond acceptors (Lipinski definition) is 5. The highest BCUT2D eigenvalue weighted by atomic mass is 16.5. The summed E-state index contributed by atoms with van der Waals surface area (Å²) >= 11 is 0. The number of hydrogen-bond donors (Lipinski definition) is 2. The van der Waals surface area contributed by atoms with Crippen LogP contribution in [0.25, 0.3) is 0 Å². The van der Waals surface area contributed by atoms with E-state index in [1.807, 2.05) is 39.0 Å². The smallest absolute Gasteiger partial charge is 0.310 e. The van der Waals surface area contributed by atoms with Gasteiger partial charge in [0.15, 0.2) is 0 Å². The van der Waals surface area contributed by atoms with E-state index in [2.05, 4.69) is 6.58 Å². The Balaban J connectivity index is 1.89. The maximum Gasteiger partial charge on any atom is 0.310 e. The highest BCUT2D eigenvalue weighted by Crippen LogP contribution is 2.63. The molecule has 3 aliphatic heterocycles. The molecule has 2 N–H and O–H groups in total. The van der Waals surface area contributed by atoms with Crippen molar-refractivity contribution in [2.75, 3.05) is 18.1 Å². The molecule has 2 unspecified atom stereocenters. The standard InChI is InChI=1S/C26H34N2O6/c1-6-13-27(20-15(3)9-8-10-16(20)4)23(31)21-26-12-11-25(5,34-26)19(24(32)33)18(26)22(30)28(21)17(7-2)14-29/h6,8-10,17-19,21,29H,1,7,11-14H2,2-5H3,(H,32,33)/t17-,18-,19+,21?,25-,26?/m0/s1. The first-order chi connectivity index (χ1) is 16.1. The second-order valence-corrected chi connectivity index (χ2v) is 10.0. The van der Waals surface area contributed by atoms with Crippen molar-refractivity contribution in [3.63, 3.8) is 0 Å². The number of carbonyl (C=O) groups is 3. The van der Waals surface area contributed by atoms with Gasteiger partial charge in [0, 0.05) is 12.2 Å². The summed E-state index contributed by atoms with van der Waals surface area (Å²) in [5, 5.41) is 20.2. The second-order valence-electron chi connectivity index (χ2n) is 10.0. The van der Waals surface area contributed by atoms with Crippen LogP contribution in [0.5, 0.6) is 0 Å². The van der Waals surface area contributed by atoms with Gasteiger partial charge in [-0.2, -0.15) is 0 Å². The summed E-state index contributed by atoms with van der Waals surface area (Å²) in [4.78, 5) is 43.6. The molecule has 6 atom stereocenters. The first-order valence-corrected chi connectivity index (χ1v) is 11.9. The Morgan fingerprint density at radius 3 is 2.50 bits per heavy atom. The van der Waals surface area contributed by atoms with Gasteiger partial charge in [-0.1, -0.05) is 31.2 Å². The van der Waals surface area contributed by atoms with Gasteiger partial charge in [0.2, 0.25) is 5.91 Å². The summed E-state index contributed by atoms with van der Waals surface area (Å²) in [6, 6.07) is 4.11. The van der Waals surface area contributed by atoms with E-state index < -0.39 is 47.0 Å². The predicted octanol–water partition coefficient (Wildman–Crippen LogP) is 2.44. The zero-order valence-electron chi connectivity index (χ0n) is 20.3. The molecule has 8 nitrogen and oxygen atoms in total. The van der Waals surface area contributed by atoms with Gasteiger partial charge < -0.3 is 24.7 Å². The lowest BCUT2D eigenvalue weighted by molar-refractivity contribution is -0.155. The van der Waals surface area contributed by atoms with Gasteiger partial charge >= 0.3 is 5.97 Å². The fourth-order valence-corrected chi connectivity index (χ4v) is 6.63. The Morgan fingerprint density at radius 1 is 1.32 bits per heavy atom. The molecule has 3 aliphatic rings. The first kappa shape index (κ1) is 24.4. The van der Waals surface area contributed by atoms with Gasteiger partial charge in [-0.15, -0.1) is 6.58 Å². The van der Waals surface area contributed by atoms with E-state index in [0.717, 1.165) is 16.8 Å². The van der Waals surface area contributed by atoms with Gasteiger partial charge in [-0.05, 0) is 51.2 Å². The average Bonchev–Trinajstić information content (AvgIpc) is 3.35. The third kappa shape index (κ3) is 3.22. The molecule has 1 aromatic carbocycles. The highest BCUT2D eigenvalue weighted by Gasteiger charge is 2.78. The topological polar surface area (TPSA) is 107 Å². The van der Waals surface area contributed by atoms with Crippen molar-refractivity contribution in [3.8, 4) is 0 Å². The zero-order valence-corrected chi connectivity index (χ0v) is 20.3. The molecule has 2 bridgehead atoms. The maximum absolute atomic E-state index is 14.4. The third-order valence-electron chi connectivity index (χ3n) is 8.08. The molecule has 1 spiro atoms. The first-order valence-electron chi connectivity index (χ1n) is 11.9. The number of amides is 2. The van der Waals surface area contributed by atoms with E-state index in [1.165, 1.54) is 4.90 Å². The van der Waals surface area contributed by atoms with Crippen molar-refractivity contribution in [1.29, 1.82) is 0 Å². The van der Waals surface area contributed by atoms with Crippen LogP contribution >= 0.6 is 0 Å². The summed E-state index contributed by atoms with van der Waals surface area (Å²) in [7, 11) is 0. The number of carboxylic acids is 1. The van der Waals surface area contributed by atoms with Crippen LogP contribution < -0.4 is 4.90 Å². The fourth-order valence-electron chi connectivity index (χ4n) is 6.63. The molecule has 1 aromatic rings. The summed E-state index contributed by atoms with van der Waals surface area (Å²) in [6.07, 6.45) is 2.92. The number of para-hydroxylation sites is 1. The lowest BCUT2D eigenvalue weighted by atomic mass is 9.66. The number of anilines is 1. The molecule has 0 radical (unpaired) electrons. The molecule has 3 saturated heterocycles. The fraction of sp³-hybridized carbons (Fsp3) is 0.577. The minimum absolute atomic E-state index is 0.222. The SMILES string of the molecule is C=CCN(C(=O)C1N([C@@H](CC)CO)C(=O)[C@@H]2[C@H](C(=O)O)[C@]3(C)CCC12O3)c1c(C)cccc1C. The number of rotatable bonds is 8. The molecule has 0 aliphatic carbocycles. The second kappa shape index (κ2) is 8.50. The Morgan fingerprint density at radius 2 is 1.97 bits per heavy atom. The summed E-state index contributed by atoms with van der Waals surface area (Å²) in [6.45, 7) is 11.1. The number of carboxylic acid groups (broad SMARTS) is 1. The Hall–Kier alpha value is -2.71. The molecular weight excluding hydrogens is 436 g/mol. The Labute approximate surface area is 200 Å². The van der Waals surface area contributed by atoms with Gasteiger partial charge in [0.05, 0.1) is 30.1 Å². The van der Waals surface area contributed by atoms with Crippen molar-refractivity contribution >= 4 is 23.5 Å². The average molecular weight is 471 g/mol. The quantitative estimate of drug-likeness (QED) is 0.565. The number of aliphatic carboxylic acids is 1. The number of likely N-dealkylation sites (tertiary alicyclic amines) is 1. The number of fused-ring (bicyclic) bond motifs is 1. The molecule has 0 saturated carbocycles. The van der Waals surface area contributed by atoms with Gasteiger partial charge in [-0.3, -0.25) is 14.4 Å². The van der Waals surface area contributed by atoms with Crippen LogP contribution in [0.1, 0.15) is 44.2 Å². The van der Waals surface area contributed by atoms with Gasteiger partial charge in [0.1, 0.15) is 11.6 Å². The van der Waals surface area contributed by atoms with Crippen LogP contribution in [0.15, 0.2) is 30.9 Å². The van der Waals surface area contributed by atoms with E-state index in [-0.39, 0.29) is 19.1 Å². The van der Waals surface area contributed by atoms with Crippen molar-refractivity contribution in [2.45, 2.75) is 70.2 Å². The van der Waals surface area contributed by atoms with E-state index in [9.17, 15) is 24.6 Å². The van der Waals surface area contributed by atoms with Crippen LogP contribution in [0.3, 0.4) is 0 Å².